The van der Waals surface area contributed by atoms with E-state index >= 15 is 0 Å². The number of hydrogen-bond donors (Lipinski definition) is 1. The Kier molecular flexibility index (Phi) is 7.69. The van der Waals surface area contributed by atoms with Gasteiger partial charge in [-0.15, -0.1) is 11.8 Å². The highest BCUT2D eigenvalue weighted by Gasteiger charge is 2.22. The maximum Gasteiger partial charge on any atom is 0.271 e. The van der Waals surface area contributed by atoms with Crippen LogP contribution in [0.3, 0.4) is 0 Å². The van der Waals surface area contributed by atoms with E-state index in [1.54, 1.807) is 23.1 Å². The first-order valence-electron chi connectivity index (χ1n) is 9.33. The third-order valence-electron chi connectivity index (χ3n) is 4.61. The molecule has 1 heterocycles. The van der Waals surface area contributed by atoms with Crippen LogP contribution in [-0.2, 0) is 9.59 Å². The summed E-state index contributed by atoms with van der Waals surface area (Å²) in [4.78, 5) is 38.8. The van der Waals surface area contributed by atoms with Crippen LogP contribution in [0.15, 0.2) is 53.0 Å². The SMILES string of the molecule is O=C(CSCC(=O)N1CCN(c2cccc([N+](=O)[O-])c2)CC1)Nc1cccc(Br)c1. The number of carbonyl (C=O) groups is 2. The fourth-order valence-corrected chi connectivity index (χ4v) is 4.22. The van der Waals surface area contributed by atoms with Crippen LogP contribution in [-0.4, -0.2) is 59.3 Å². The Bertz CT molecular complexity index is 935. The lowest BCUT2D eigenvalue weighted by atomic mass is 10.2. The molecule has 1 fully saturated rings. The van der Waals surface area contributed by atoms with Gasteiger partial charge in [-0.2, -0.15) is 0 Å². The van der Waals surface area contributed by atoms with Gasteiger partial charge < -0.3 is 15.1 Å². The molecule has 1 aliphatic heterocycles. The van der Waals surface area contributed by atoms with Crippen molar-refractivity contribution >= 4 is 56.6 Å². The van der Waals surface area contributed by atoms with Gasteiger partial charge in [-0.1, -0.05) is 28.1 Å². The monoisotopic (exact) mass is 492 g/mol. The Morgan fingerprint density at radius 1 is 1.07 bits per heavy atom. The van der Waals surface area contributed by atoms with Gasteiger partial charge in [-0.25, -0.2) is 0 Å². The second-order valence-corrected chi connectivity index (χ2v) is 8.60. The molecular weight excluding hydrogens is 472 g/mol. The average molecular weight is 493 g/mol. The Morgan fingerprint density at radius 3 is 2.50 bits per heavy atom. The molecule has 1 saturated heterocycles. The van der Waals surface area contributed by atoms with Crippen molar-refractivity contribution in [2.75, 3.05) is 47.9 Å². The van der Waals surface area contributed by atoms with E-state index in [0.717, 1.165) is 10.2 Å². The first-order chi connectivity index (χ1) is 14.4. The zero-order valence-corrected chi connectivity index (χ0v) is 18.5. The lowest BCUT2D eigenvalue weighted by molar-refractivity contribution is -0.384. The molecule has 0 aromatic heterocycles. The molecule has 0 unspecified atom stereocenters. The highest BCUT2D eigenvalue weighted by Crippen LogP contribution is 2.22. The van der Waals surface area contributed by atoms with Crippen molar-refractivity contribution in [2.24, 2.45) is 0 Å². The van der Waals surface area contributed by atoms with E-state index in [2.05, 4.69) is 21.2 Å². The molecule has 1 N–H and O–H groups in total. The van der Waals surface area contributed by atoms with Gasteiger partial charge in [0, 0.05) is 54.2 Å². The largest absolute Gasteiger partial charge is 0.368 e. The minimum Gasteiger partial charge on any atom is -0.368 e. The number of nitro benzene ring substituents is 1. The molecule has 2 amide bonds. The van der Waals surface area contributed by atoms with Crippen molar-refractivity contribution in [3.05, 3.63) is 63.1 Å². The standard InChI is InChI=1S/C20H21BrN4O4S/c21-15-3-1-4-16(11-15)22-19(26)13-30-14-20(27)24-9-7-23(8-10-24)17-5-2-6-18(12-17)25(28)29/h1-6,11-12H,7-10,13-14H2,(H,22,26). The normalized spacial score (nSPS) is 13.8. The van der Waals surface area contributed by atoms with Gasteiger partial charge in [0.05, 0.1) is 16.4 Å². The smallest absolute Gasteiger partial charge is 0.271 e. The Labute approximate surface area is 186 Å². The number of anilines is 2. The number of non-ortho nitro benzene ring substituents is 1. The van der Waals surface area contributed by atoms with E-state index in [4.69, 9.17) is 0 Å². The third kappa shape index (κ3) is 6.20. The Morgan fingerprint density at radius 2 is 1.80 bits per heavy atom. The molecule has 2 aromatic carbocycles. The van der Waals surface area contributed by atoms with Gasteiger partial charge in [0.1, 0.15) is 0 Å². The molecule has 0 radical (unpaired) electrons. The molecule has 158 valence electrons. The van der Waals surface area contributed by atoms with E-state index in [9.17, 15) is 19.7 Å². The summed E-state index contributed by atoms with van der Waals surface area (Å²) in [6, 6.07) is 13.9. The Balaban J connectivity index is 1.40. The van der Waals surface area contributed by atoms with E-state index in [1.165, 1.54) is 17.8 Å². The number of piperazine rings is 1. The first-order valence-corrected chi connectivity index (χ1v) is 11.3. The van der Waals surface area contributed by atoms with Gasteiger partial charge in [0.25, 0.3) is 5.69 Å². The van der Waals surface area contributed by atoms with Crippen molar-refractivity contribution < 1.29 is 14.5 Å². The average Bonchev–Trinajstić information content (AvgIpc) is 2.74. The molecule has 30 heavy (non-hydrogen) atoms. The van der Waals surface area contributed by atoms with Crippen LogP contribution in [0.4, 0.5) is 17.1 Å². The number of halogens is 1. The lowest BCUT2D eigenvalue weighted by Gasteiger charge is -2.36. The molecule has 3 rings (SSSR count). The van der Waals surface area contributed by atoms with Crippen LogP contribution in [0.5, 0.6) is 0 Å². The van der Waals surface area contributed by atoms with Gasteiger partial charge in [0.15, 0.2) is 0 Å². The number of rotatable bonds is 7. The Hall–Kier alpha value is -2.59. The topological polar surface area (TPSA) is 95.8 Å². The fraction of sp³-hybridized carbons (Fsp3) is 0.300. The zero-order valence-electron chi connectivity index (χ0n) is 16.1. The number of nitrogens with zero attached hydrogens (tertiary/aromatic N) is 3. The molecule has 8 nitrogen and oxygen atoms in total. The van der Waals surface area contributed by atoms with Crippen molar-refractivity contribution in [3.8, 4) is 0 Å². The highest BCUT2D eigenvalue weighted by molar-refractivity contribution is 9.10. The maximum atomic E-state index is 12.4. The summed E-state index contributed by atoms with van der Waals surface area (Å²) in [6.07, 6.45) is 0. The molecule has 10 heteroatoms. The third-order valence-corrected chi connectivity index (χ3v) is 6.02. The minimum absolute atomic E-state index is 0.00560. The van der Waals surface area contributed by atoms with Crippen molar-refractivity contribution in [3.63, 3.8) is 0 Å². The van der Waals surface area contributed by atoms with Gasteiger partial charge >= 0.3 is 0 Å². The number of nitro groups is 1. The van der Waals surface area contributed by atoms with Crippen LogP contribution < -0.4 is 10.2 Å². The molecule has 2 aromatic rings. The number of nitrogens with one attached hydrogen (secondary N) is 1. The van der Waals surface area contributed by atoms with Crippen molar-refractivity contribution in [1.29, 1.82) is 0 Å². The van der Waals surface area contributed by atoms with Crippen molar-refractivity contribution in [1.82, 2.24) is 4.90 Å². The predicted octanol–water partition coefficient (Wildman–Crippen LogP) is 3.38. The molecule has 0 saturated carbocycles. The predicted molar refractivity (Wildman–Crippen MR) is 122 cm³/mol. The summed E-state index contributed by atoms with van der Waals surface area (Å²) in [7, 11) is 0. The maximum absolute atomic E-state index is 12.4. The number of benzene rings is 2. The van der Waals surface area contributed by atoms with Crippen LogP contribution in [0.1, 0.15) is 0 Å². The van der Waals surface area contributed by atoms with Crippen LogP contribution in [0.2, 0.25) is 0 Å². The summed E-state index contributed by atoms with van der Waals surface area (Å²) in [6.45, 7) is 2.32. The number of amides is 2. The molecule has 0 atom stereocenters. The number of thioether (sulfide) groups is 1. The van der Waals surface area contributed by atoms with Crippen LogP contribution >= 0.6 is 27.7 Å². The number of hydrogen-bond acceptors (Lipinski definition) is 6. The van der Waals surface area contributed by atoms with E-state index in [-0.39, 0.29) is 29.0 Å². The lowest BCUT2D eigenvalue weighted by Crippen LogP contribution is -2.49. The quantitative estimate of drug-likeness (QED) is 0.470. The van der Waals surface area contributed by atoms with Gasteiger partial charge in [-0.3, -0.25) is 19.7 Å². The highest BCUT2D eigenvalue weighted by atomic mass is 79.9. The first kappa shape index (κ1) is 22.1. The molecular formula is C20H21BrN4O4S. The number of carbonyl (C=O) groups excluding carboxylic acids is 2. The summed E-state index contributed by atoms with van der Waals surface area (Å²) in [5.74, 6) is 0.282. The zero-order chi connectivity index (χ0) is 21.5. The van der Waals surface area contributed by atoms with Gasteiger partial charge in [-0.05, 0) is 24.3 Å². The van der Waals surface area contributed by atoms with E-state index < -0.39 is 4.92 Å². The fourth-order valence-electron chi connectivity index (χ4n) is 3.10. The molecule has 0 aliphatic carbocycles. The molecule has 0 spiro atoms. The second kappa shape index (κ2) is 10.4. The minimum atomic E-state index is -0.409. The summed E-state index contributed by atoms with van der Waals surface area (Å²) >= 11 is 4.64. The summed E-state index contributed by atoms with van der Waals surface area (Å²) in [5.41, 5.74) is 1.55. The van der Waals surface area contributed by atoms with E-state index in [0.29, 0.717) is 31.9 Å². The summed E-state index contributed by atoms with van der Waals surface area (Å²) < 4.78 is 0.882. The summed E-state index contributed by atoms with van der Waals surface area (Å²) in [5, 5.41) is 13.7. The van der Waals surface area contributed by atoms with Crippen LogP contribution in [0, 0.1) is 10.1 Å². The van der Waals surface area contributed by atoms with Gasteiger partial charge in [0.2, 0.25) is 11.8 Å². The van der Waals surface area contributed by atoms with Crippen molar-refractivity contribution in [2.45, 2.75) is 0 Å². The second-order valence-electron chi connectivity index (χ2n) is 6.70. The van der Waals surface area contributed by atoms with E-state index in [1.807, 2.05) is 29.2 Å². The van der Waals surface area contributed by atoms with Crippen LogP contribution in [0.25, 0.3) is 0 Å². The molecule has 0 bridgehead atoms. The molecule has 1 aliphatic rings.